The van der Waals surface area contributed by atoms with Crippen LogP contribution in [0.2, 0.25) is 0 Å². The number of halogens is 1. The van der Waals surface area contributed by atoms with Crippen LogP contribution in [0, 0.1) is 11.7 Å². The third-order valence-electron chi connectivity index (χ3n) is 2.99. The predicted octanol–water partition coefficient (Wildman–Crippen LogP) is 3.74. The van der Waals surface area contributed by atoms with Gasteiger partial charge in [0.05, 0.1) is 7.11 Å². The second-order valence-corrected chi connectivity index (χ2v) is 6.40. The number of hydrogen-bond donors (Lipinski definition) is 1. The first-order valence-electron chi connectivity index (χ1n) is 7.21. The highest BCUT2D eigenvalue weighted by atomic mass is 32.2. The molecule has 0 bridgehead atoms. The molecule has 114 valence electrons. The van der Waals surface area contributed by atoms with Crippen molar-refractivity contribution in [2.45, 2.75) is 33.2 Å². The van der Waals surface area contributed by atoms with Crippen molar-refractivity contribution < 1.29 is 9.13 Å². The van der Waals surface area contributed by atoms with E-state index in [-0.39, 0.29) is 5.82 Å². The summed E-state index contributed by atoms with van der Waals surface area (Å²) < 4.78 is 19.2. The molecule has 1 rings (SSSR count). The molecular weight excluding hydrogens is 273 g/mol. The van der Waals surface area contributed by atoms with E-state index < -0.39 is 0 Å². The Hall–Kier alpha value is -0.740. The largest absolute Gasteiger partial charge is 0.494 e. The van der Waals surface area contributed by atoms with Gasteiger partial charge in [0.2, 0.25) is 0 Å². The number of rotatable bonds is 9. The lowest BCUT2D eigenvalue weighted by Crippen LogP contribution is -2.33. The molecule has 0 saturated heterocycles. The molecule has 0 spiro atoms. The summed E-state index contributed by atoms with van der Waals surface area (Å²) in [4.78, 5) is 0. The zero-order chi connectivity index (χ0) is 15.0. The van der Waals surface area contributed by atoms with Gasteiger partial charge in [-0.2, -0.15) is 11.8 Å². The number of ether oxygens (including phenoxy) is 1. The molecule has 1 N–H and O–H groups in total. The van der Waals surface area contributed by atoms with E-state index >= 15 is 0 Å². The van der Waals surface area contributed by atoms with Crippen LogP contribution < -0.4 is 10.1 Å². The molecule has 0 aliphatic heterocycles. The average molecular weight is 299 g/mol. The summed E-state index contributed by atoms with van der Waals surface area (Å²) in [7, 11) is 1.50. The van der Waals surface area contributed by atoms with Crippen molar-refractivity contribution in [1.29, 1.82) is 0 Å². The molecule has 0 saturated carbocycles. The Morgan fingerprint density at radius 1 is 1.30 bits per heavy atom. The monoisotopic (exact) mass is 299 g/mol. The highest BCUT2D eigenvalue weighted by Gasteiger charge is 2.14. The Kier molecular flexibility index (Phi) is 8.00. The van der Waals surface area contributed by atoms with E-state index in [1.807, 2.05) is 23.9 Å². The number of benzene rings is 1. The molecule has 1 aromatic rings. The smallest absolute Gasteiger partial charge is 0.168 e. The van der Waals surface area contributed by atoms with E-state index in [0.717, 1.165) is 23.6 Å². The number of thioether (sulfide) groups is 1. The van der Waals surface area contributed by atoms with Crippen LogP contribution in [0.1, 0.15) is 26.3 Å². The minimum absolute atomic E-state index is 0.230. The maximum atomic E-state index is 14.2. The second kappa shape index (κ2) is 9.24. The molecule has 0 aliphatic carbocycles. The van der Waals surface area contributed by atoms with Gasteiger partial charge in [-0.15, -0.1) is 0 Å². The summed E-state index contributed by atoms with van der Waals surface area (Å²) in [5.41, 5.74) is 0.723. The van der Waals surface area contributed by atoms with E-state index in [1.54, 1.807) is 6.07 Å². The third-order valence-corrected chi connectivity index (χ3v) is 4.53. The SMILES string of the molecule is CCNC(CSCC(C)C)Cc1cccc(OC)c1F. The van der Waals surface area contributed by atoms with Crippen LogP contribution in [0.5, 0.6) is 5.75 Å². The fourth-order valence-corrected chi connectivity index (χ4v) is 3.19. The van der Waals surface area contributed by atoms with Gasteiger partial charge in [0.1, 0.15) is 0 Å². The molecule has 1 atom stereocenters. The molecule has 0 aliphatic rings. The first-order chi connectivity index (χ1) is 9.58. The maximum absolute atomic E-state index is 14.2. The summed E-state index contributed by atoms with van der Waals surface area (Å²) >= 11 is 1.93. The Bertz CT molecular complexity index is 398. The molecule has 0 heterocycles. The zero-order valence-corrected chi connectivity index (χ0v) is 13.7. The molecule has 0 fully saturated rings. The van der Waals surface area contributed by atoms with Crippen molar-refractivity contribution in [3.63, 3.8) is 0 Å². The first kappa shape index (κ1) is 17.3. The highest BCUT2D eigenvalue weighted by molar-refractivity contribution is 7.99. The predicted molar refractivity (Wildman–Crippen MR) is 86.3 cm³/mol. The number of hydrogen-bond acceptors (Lipinski definition) is 3. The molecular formula is C16H26FNOS. The number of likely N-dealkylation sites (N-methyl/N-ethyl adjacent to an activating group) is 1. The van der Waals surface area contributed by atoms with Crippen molar-refractivity contribution >= 4 is 11.8 Å². The Balaban J connectivity index is 2.65. The van der Waals surface area contributed by atoms with Crippen LogP contribution in [0.3, 0.4) is 0 Å². The fraction of sp³-hybridized carbons (Fsp3) is 0.625. The van der Waals surface area contributed by atoms with Crippen LogP contribution in [0.4, 0.5) is 4.39 Å². The highest BCUT2D eigenvalue weighted by Crippen LogP contribution is 2.22. The topological polar surface area (TPSA) is 21.3 Å². The van der Waals surface area contributed by atoms with Crippen LogP contribution in [0.25, 0.3) is 0 Å². The number of methoxy groups -OCH3 is 1. The van der Waals surface area contributed by atoms with Crippen LogP contribution in [-0.4, -0.2) is 31.2 Å². The van der Waals surface area contributed by atoms with Crippen LogP contribution in [-0.2, 0) is 6.42 Å². The lowest BCUT2D eigenvalue weighted by atomic mass is 10.1. The van der Waals surface area contributed by atoms with Gasteiger partial charge in [-0.1, -0.05) is 32.9 Å². The van der Waals surface area contributed by atoms with E-state index in [0.29, 0.717) is 24.1 Å². The van der Waals surface area contributed by atoms with Gasteiger partial charge in [0.25, 0.3) is 0 Å². The standard InChI is InChI=1S/C16H26FNOS/c1-5-18-14(11-20-10-12(2)3)9-13-7-6-8-15(19-4)16(13)17/h6-8,12,14,18H,5,9-11H2,1-4H3. The molecule has 2 nitrogen and oxygen atoms in total. The van der Waals surface area contributed by atoms with Crippen molar-refractivity contribution in [3.8, 4) is 5.75 Å². The molecule has 4 heteroatoms. The van der Waals surface area contributed by atoms with Crippen molar-refractivity contribution in [1.82, 2.24) is 5.32 Å². The molecule has 20 heavy (non-hydrogen) atoms. The minimum Gasteiger partial charge on any atom is -0.494 e. The summed E-state index contributed by atoms with van der Waals surface area (Å²) in [6.45, 7) is 7.43. The van der Waals surface area contributed by atoms with E-state index in [4.69, 9.17) is 4.74 Å². The van der Waals surface area contributed by atoms with Crippen molar-refractivity contribution in [2.75, 3.05) is 25.2 Å². The van der Waals surface area contributed by atoms with Crippen LogP contribution in [0.15, 0.2) is 18.2 Å². The normalized spacial score (nSPS) is 12.7. The minimum atomic E-state index is -0.230. The zero-order valence-electron chi connectivity index (χ0n) is 12.9. The van der Waals surface area contributed by atoms with Crippen molar-refractivity contribution in [2.24, 2.45) is 5.92 Å². The van der Waals surface area contributed by atoms with E-state index in [9.17, 15) is 4.39 Å². The molecule has 0 aromatic heterocycles. The molecule has 0 radical (unpaired) electrons. The van der Waals surface area contributed by atoms with Gasteiger partial charge in [-0.3, -0.25) is 0 Å². The Morgan fingerprint density at radius 2 is 2.05 bits per heavy atom. The first-order valence-corrected chi connectivity index (χ1v) is 8.36. The van der Waals surface area contributed by atoms with Gasteiger partial charge in [-0.05, 0) is 36.3 Å². The number of nitrogens with one attached hydrogen (secondary N) is 1. The Morgan fingerprint density at radius 3 is 2.65 bits per heavy atom. The molecule has 1 unspecified atom stereocenters. The lowest BCUT2D eigenvalue weighted by Gasteiger charge is -2.19. The lowest BCUT2D eigenvalue weighted by molar-refractivity contribution is 0.383. The van der Waals surface area contributed by atoms with Gasteiger partial charge in [0, 0.05) is 11.8 Å². The van der Waals surface area contributed by atoms with Crippen molar-refractivity contribution in [3.05, 3.63) is 29.6 Å². The summed E-state index contributed by atoms with van der Waals surface area (Å²) in [6.07, 6.45) is 0.696. The molecule has 1 aromatic carbocycles. The summed E-state index contributed by atoms with van der Waals surface area (Å²) in [6, 6.07) is 5.65. The van der Waals surface area contributed by atoms with Gasteiger partial charge in [0.15, 0.2) is 11.6 Å². The third kappa shape index (κ3) is 5.71. The maximum Gasteiger partial charge on any atom is 0.168 e. The summed E-state index contributed by atoms with van der Waals surface area (Å²) in [5.74, 6) is 2.93. The van der Waals surface area contributed by atoms with E-state index in [1.165, 1.54) is 7.11 Å². The Labute approximate surface area is 126 Å². The van der Waals surface area contributed by atoms with Crippen LogP contribution >= 0.6 is 11.8 Å². The molecule has 0 amide bonds. The van der Waals surface area contributed by atoms with Gasteiger partial charge in [-0.25, -0.2) is 4.39 Å². The summed E-state index contributed by atoms with van der Waals surface area (Å²) in [5, 5.41) is 3.44. The van der Waals surface area contributed by atoms with Gasteiger partial charge < -0.3 is 10.1 Å². The average Bonchev–Trinajstić information content (AvgIpc) is 2.41. The second-order valence-electron chi connectivity index (χ2n) is 5.32. The fourth-order valence-electron chi connectivity index (χ4n) is 2.06. The van der Waals surface area contributed by atoms with E-state index in [2.05, 4.69) is 26.1 Å². The van der Waals surface area contributed by atoms with Gasteiger partial charge >= 0.3 is 0 Å². The quantitative estimate of drug-likeness (QED) is 0.750.